The van der Waals surface area contributed by atoms with Crippen molar-refractivity contribution in [3.8, 4) is 0 Å². The maximum Gasteiger partial charge on any atom is 0.231 e. The Morgan fingerprint density at radius 1 is 1.04 bits per heavy atom. The number of amides is 2. The van der Waals surface area contributed by atoms with Gasteiger partial charge in [-0.05, 0) is 36.9 Å². The van der Waals surface area contributed by atoms with Crippen LogP contribution in [0.25, 0.3) is 0 Å². The van der Waals surface area contributed by atoms with Gasteiger partial charge in [0.1, 0.15) is 0 Å². The highest BCUT2D eigenvalue weighted by Gasteiger charge is 2.13. The van der Waals surface area contributed by atoms with Gasteiger partial charge in [0.05, 0.1) is 6.42 Å². The molecule has 2 N–H and O–H groups in total. The van der Waals surface area contributed by atoms with E-state index in [1.54, 1.807) is 11.9 Å². The van der Waals surface area contributed by atoms with Crippen LogP contribution in [-0.2, 0) is 16.0 Å². The van der Waals surface area contributed by atoms with Crippen LogP contribution < -0.4 is 15.5 Å². The van der Waals surface area contributed by atoms with Crippen LogP contribution in [0.5, 0.6) is 0 Å². The molecule has 1 unspecified atom stereocenters. The van der Waals surface area contributed by atoms with E-state index in [0.717, 1.165) is 16.9 Å². The second-order valence-corrected chi connectivity index (χ2v) is 6.11. The third kappa shape index (κ3) is 5.43. The molecular weight excluding hydrogens is 314 g/mol. The van der Waals surface area contributed by atoms with Crippen molar-refractivity contribution in [2.24, 2.45) is 5.92 Å². The van der Waals surface area contributed by atoms with E-state index in [0.29, 0.717) is 13.0 Å². The highest BCUT2D eigenvalue weighted by atomic mass is 16.2. The monoisotopic (exact) mass is 339 g/mol. The molecule has 0 bridgehead atoms. The summed E-state index contributed by atoms with van der Waals surface area (Å²) in [5.41, 5.74) is 2.52. The standard InChI is InChI=1S/C20H25N3O2/c1-15(14-21-2)20(25)22-17-11-9-16(10-12-17)13-19(24)23(3)18-7-5-4-6-8-18/h4-12,15,21H,13-14H2,1-3H3,(H,22,25). The molecule has 132 valence electrons. The molecule has 2 rings (SSSR count). The van der Waals surface area contributed by atoms with Crippen molar-refractivity contribution in [1.29, 1.82) is 0 Å². The summed E-state index contributed by atoms with van der Waals surface area (Å²) in [4.78, 5) is 26.0. The van der Waals surface area contributed by atoms with Gasteiger partial charge in [0, 0.05) is 30.9 Å². The summed E-state index contributed by atoms with van der Waals surface area (Å²) in [6.07, 6.45) is 0.315. The quantitative estimate of drug-likeness (QED) is 0.815. The van der Waals surface area contributed by atoms with Crippen LogP contribution in [0.15, 0.2) is 54.6 Å². The highest BCUT2D eigenvalue weighted by Crippen LogP contribution is 2.15. The summed E-state index contributed by atoms with van der Waals surface area (Å²) in [6, 6.07) is 16.9. The van der Waals surface area contributed by atoms with Gasteiger partial charge < -0.3 is 15.5 Å². The van der Waals surface area contributed by atoms with E-state index in [9.17, 15) is 9.59 Å². The third-order valence-electron chi connectivity index (χ3n) is 4.05. The van der Waals surface area contributed by atoms with E-state index < -0.39 is 0 Å². The van der Waals surface area contributed by atoms with Crippen molar-refractivity contribution in [2.75, 3.05) is 30.9 Å². The Morgan fingerprint density at radius 3 is 2.28 bits per heavy atom. The van der Waals surface area contributed by atoms with E-state index in [1.807, 2.05) is 68.6 Å². The van der Waals surface area contributed by atoms with E-state index in [4.69, 9.17) is 0 Å². The molecule has 0 aliphatic carbocycles. The smallest absolute Gasteiger partial charge is 0.231 e. The van der Waals surface area contributed by atoms with Crippen LogP contribution in [-0.4, -0.2) is 32.5 Å². The third-order valence-corrected chi connectivity index (χ3v) is 4.05. The van der Waals surface area contributed by atoms with Gasteiger partial charge in [-0.15, -0.1) is 0 Å². The predicted molar refractivity (Wildman–Crippen MR) is 102 cm³/mol. The first-order valence-corrected chi connectivity index (χ1v) is 8.37. The molecule has 2 aromatic rings. The van der Waals surface area contributed by atoms with Crippen molar-refractivity contribution in [1.82, 2.24) is 5.32 Å². The molecule has 0 saturated heterocycles. The molecule has 0 aromatic heterocycles. The molecular formula is C20H25N3O2. The van der Waals surface area contributed by atoms with Crippen molar-refractivity contribution in [2.45, 2.75) is 13.3 Å². The molecule has 5 nitrogen and oxygen atoms in total. The fourth-order valence-corrected chi connectivity index (χ4v) is 2.46. The number of carbonyl (C=O) groups is 2. The highest BCUT2D eigenvalue weighted by molar-refractivity contribution is 5.94. The van der Waals surface area contributed by atoms with E-state index in [2.05, 4.69) is 10.6 Å². The van der Waals surface area contributed by atoms with Crippen LogP contribution in [0.3, 0.4) is 0 Å². The fourth-order valence-electron chi connectivity index (χ4n) is 2.46. The molecule has 25 heavy (non-hydrogen) atoms. The summed E-state index contributed by atoms with van der Waals surface area (Å²) in [5, 5.41) is 5.87. The molecule has 2 amide bonds. The molecule has 0 radical (unpaired) electrons. The van der Waals surface area contributed by atoms with Gasteiger partial charge in [-0.25, -0.2) is 0 Å². The summed E-state index contributed by atoms with van der Waals surface area (Å²) in [5.74, 6) is -0.113. The van der Waals surface area contributed by atoms with Crippen molar-refractivity contribution in [3.05, 3.63) is 60.2 Å². The minimum Gasteiger partial charge on any atom is -0.326 e. The Bertz CT molecular complexity index is 699. The van der Waals surface area contributed by atoms with E-state index in [1.165, 1.54) is 0 Å². The number of carbonyl (C=O) groups excluding carboxylic acids is 2. The first kappa shape index (κ1) is 18.7. The number of rotatable bonds is 7. The van der Waals surface area contributed by atoms with Gasteiger partial charge in [0.2, 0.25) is 11.8 Å². The lowest BCUT2D eigenvalue weighted by Crippen LogP contribution is -2.28. The minimum atomic E-state index is -0.106. The molecule has 2 aromatic carbocycles. The lowest BCUT2D eigenvalue weighted by Gasteiger charge is -2.17. The normalized spacial score (nSPS) is 11.6. The van der Waals surface area contributed by atoms with Gasteiger partial charge in [0.15, 0.2) is 0 Å². The zero-order chi connectivity index (χ0) is 18.2. The van der Waals surface area contributed by atoms with Crippen LogP contribution >= 0.6 is 0 Å². The summed E-state index contributed by atoms with van der Waals surface area (Å²) in [7, 11) is 3.59. The molecule has 1 atom stereocenters. The van der Waals surface area contributed by atoms with Crippen LogP contribution in [0.1, 0.15) is 12.5 Å². The van der Waals surface area contributed by atoms with Crippen molar-refractivity contribution < 1.29 is 9.59 Å². The van der Waals surface area contributed by atoms with Crippen LogP contribution in [0.4, 0.5) is 11.4 Å². The Kier molecular flexibility index (Phi) is 6.71. The number of nitrogens with one attached hydrogen (secondary N) is 2. The Balaban J connectivity index is 1.94. The second-order valence-electron chi connectivity index (χ2n) is 6.11. The molecule has 5 heteroatoms. The fraction of sp³-hybridized carbons (Fsp3) is 0.300. The molecule has 0 saturated carbocycles. The maximum absolute atomic E-state index is 12.4. The largest absolute Gasteiger partial charge is 0.326 e. The minimum absolute atomic E-state index is 0.0191. The average Bonchev–Trinajstić information content (AvgIpc) is 2.63. The van der Waals surface area contributed by atoms with E-state index >= 15 is 0 Å². The number of hydrogen-bond donors (Lipinski definition) is 2. The maximum atomic E-state index is 12.4. The van der Waals surface area contributed by atoms with Gasteiger partial charge in [-0.1, -0.05) is 37.3 Å². The number of benzene rings is 2. The predicted octanol–water partition coefficient (Wildman–Crippen LogP) is 2.69. The zero-order valence-corrected chi connectivity index (χ0v) is 15.0. The summed E-state index contributed by atoms with van der Waals surface area (Å²) < 4.78 is 0. The van der Waals surface area contributed by atoms with Crippen molar-refractivity contribution in [3.63, 3.8) is 0 Å². The number of nitrogens with zero attached hydrogens (tertiary/aromatic N) is 1. The summed E-state index contributed by atoms with van der Waals surface area (Å²) in [6.45, 7) is 2.50. The van der Waals surface area contributed by atoms with Gasteiger partial charge in [-0.2, -0.15) is 0 Å². The Labute approximate surface area is 149 Å². The molecule has 0 heterocycles. The van der Waals surface area contributed by atoms with Gasteiger partial charge in [0.25, 0.3) is 0 Å². The molecule has 0 spiro atoms. The second kappa shape index (κ2) is 8.99. The Hall–Kier alpha value is -2.66. The first-order chi connectivity index (χ1) is 12.0. The Morgan fingerprint density at radius 2 is 1.68 bits per heavy atom. The number of para-hydroxylation sites is 1. The number of hydrogen-bond acceptors (Lipinski definition) is 3. The molecule has 0 aliphatic rings. The topological polar surface area (TPSA) is 61.4 Å². The lowest BCUT2D eigenvalue weighted by molar-refractivity contribution is -0.119. The average molecular weight is 339 g/mol. The first-order valence-electron chi connectivity index (χ1n) is 8.37. The number of likely N-dealkylation sites (N-methyl/N-ethyl adjacent to an activating group) is 1. The lowest BCUT2D eigenvalue weighted by atomic mass is 10.1. The van der Waals surface area contributed by atoms with Gasteiger partial charge >= 0.3 is 0 Å². The van der Waals surface area contributed by atoms with Crippen LogP contribution in [0, 0.1) is 5.92 Å². The van der Waals surface area contributed by atoms with Crippen molar-refractivity contribution >= 4 is 23.2 Å². The van der Waals surface area contributed by atoms with Gasteiger partial charge in [-0.3, -0.25) is 9.59 Å². The molecule has 0 aliphatic heterocycles. The molecule has 0 fully saturated rings. The SMILES string of the molecule is CNCC(C)C(=O)Nc1ccc(CC(=O)N(C)c2ccccc2)cc1. The van der Waals surface area contributed by atoms with E-state index in [-0.39, 0.29) is 17.7 Å². The zero-order valence-electron chi connectivity index (χ0n) is 15.0. The summed E-state index contributed by atoms with van der Waals surface area (Å²) >= 11 is 0. The van der Waals surface area contributed by atoms with Crippen LogP contribution in [0.2, 0.25) is 0 Å². The number of anilines is 2.